The summed E-state index contributed by atoms with van der Waals surface area (Å²) in [5, 5.41) is 29.6. The fraction of sp³-hybridized carbons (Fsp3) is 0.450. The average molecular weight is 751 g/mol. The van der Waals surface area contributed by atoms with E-state index in [0.29, 0.717) is 13.0 Å². The SMILES string of the molecule is CC(C)(C)OC(=O)N1CCC[C@H]1COc1c(I)cc([N+](=O)[O-])nc1F.O=[N+]([O-])c1cc(I)c(O)c(F)n1. The summed E-state index contributed by atoms with van der Waals surface area (Å²) in [4.78, 5) is 39.2. The van der Waals surface area contributed by atoms with E-state index in [2.05, 4.69) is 9.97 Å². The maximum atomic E-state index is 14.0. The van der Waals surface area contributed by atoms with Crippen molar-refractivity contribution in [3.05, 3.63) is 51.4 Å². The Morgan fingerprint density at radius 1 is 1.14 bits per heavy atom. The molecule has 3 rings (SSSR count). The molecule has 0 saturated carbocycles. The van der Waals surface area contributed by atoms with Crippen molar-refractivity contribution in [3.63, 3.8) is 0 Å². The number of hydrogen-bond acceptors (Lipinski definition) is 10. The quantitative estimate of drug-likeness (QED) is 0.191. The monoisotopic (exact) mass is 751 g/mol. The number of likely N-dealkylation sites (tertiary alicyclic amines) is 1. The van der Waals surface area contributed by atoms with Crippen LogP contribution in [0.4, 0.5) is 25.2 Å². The highest BCUT2D eigenvalue weighted by Gasteiger charge is 2.33. The van der Waals surface area contributed by atoms with E-state index in [1.807, 2.05) is 0 Å². The van der Waals surface area contributed by atoms with Gasteiger partial charge in [-0.1, -0.05) is 0 Å². The Balaban J connectivity index is 0.000000335. The minimum atomic E-state index is -1.23. The Bertz CT molecular complexity index is 1150. The Morgan fingerprint density at radius 3 is 2.16 bits per heavy atom. The summed E-state index contributed by atoms with van der Waals surface area (Å²) in [5.74, 6) is -4.28. The normalized spacial score (nSPS) is 15.0. The molecule has 0 aromatic carbocycles. The second kappa shape index (κ2) is 12.7. The number of rotatable bonds is 5. The van der Waals surface area contributed by atoms with Crippen LogP contribution >= 0.6 is 45.2 Å². The van der Waals surface area contributed by atoms with E-state index in [1.165, 1.54) is 0 Å². The number of aromatic nitrogens is 2. The van der Waals surface area contributed by atoms with Gasteiger partial charge in [-0.25, -0.2) is 4.79 Å². The molecule has 13 nitrogen and oxygen atoms in total. The third kappa shape index (κ3) is 8.68. The van der Waals surface area contributed by atoms with Gasteiger partial charge in [0.15, 0.2) is 0 Å². The summed E-state index contributed by atoms with van der Waals surface area (Å²) in [6.07, 6.45) is 1.07. The highest BCUT2D eigenvalue weighted by atomic mass is 127. The second-order valence-corrected chi connectivity index (χ2v) is 10.8. The highest BCUT2D eigenvalue weighted by Crippen LogP contribution is 2.29. The fourth-order valence-electron chi connectivity index (χ4n) is 2.99. The zero-order chi connectivity index (χ0) is 28.1. The third-order valence-corrected chi connectivity index (χ3v) is 6.19. The van der Waals surface area contributed by atoms with Crippen molar-refractivity contribution in [3.8, 4) is 11.5 Å². The largest absolute Gasteiger partial charge is 0.501 e. The van der Waals surface area contributed by atoms with Gasteiger partial charge < -0.3 is 39.7 Å². The van der Waals surface area contributed by atoms with Crippen LogP contribution < -0.4 is 4.74 Å². The molecule has 37 heavy (non-hydrogen) atoms. The predicted octanol–water partition coefficient (Wildman–Crippen LogP) is 4.95. The van der Waals surface area contributed by atoms with Gasteiger partial charge in [-0.2, -0.15) is 8.78 Å². The van der Waals surface area contributed by atoms with E-state index in [9.17, 15) is 33.8 Å². The Kier molecular flexibility index (Phi) is 10.5. The summed E-state index contributed by atoms with van der Waals surface area (Å²) >= 11 is 3.33. The third-order valence-electron chi connectivity index (χ3n) is 4.56. The molecule has 0 spiro atoms. The van der Waals surface area contributed by atoms with Crippen LogP contribution in [0.25, 0.3) is 0 Å². The zero-order valence-corrected chi connectivity index (χ0v) is 23.9. The molecule has 0 bridgehead atoms. The number of ether oxygens (including phenoxy) is 2. The zero-order valence-electron chi connectivity index (χ0n) is 19.6. The summed E-state index contributed by atoms with van der Waals surface area (Å²) in [5.41, 5.74) is -0.602. The van der Waals surface area contributed by atoms with Gasteiger partial charge in [-0.3, -0.25) is 0 Å². The predicted molar refractivity (Wildman–Crippen MR) is 140 cm³/mol. The molecule has 1 fully saturated rings. The molecule has 1 atom stereocenters. The Hall–Kier alpha value is -2.71. The van der Waals surface area contributed by atoms with Gasteiger partial charge >= 0.3 is 29.6 Å². The molecule has 2 aromatic heterocycles. The maximum Gasteiger partial charge on any atom is 0.410 e. The molecule has 1 amide bonds. The topological polar surface area (TPSA) is 171 Å². The van der Waals surface area contributed by atoms with E-state index in [1.54, 1.807) is 70.9 Å². The molecule has 0 unspecified atom stereocenters. The first-order chi connectivity index (χ1) is 17.1. The van der Waals surface area contributed by atoms with Crippen LogP contribution in [0.3, 0.4) is 0 Å². The van der Waals surface area contributed by atoms with Crippen molar-refractivity contribution in [1.82, 2.24) is 14.9 Å². The van der Waals surface area contributed by atoms with Crippen molar-refractivity contribution < 1.29 is 38.0 Å². The number of halogens is 4. The number of nitro groups is 2. The van der Waals surface area contributed by atoms with Crippen LogP contribution in [0.2, 0.25) is 0 Å². The van der Waals surface area contributed by atoms with E-state index in [-0.39, 0.29) is 25.5 Å². The molecule has 1 saturated heterocycles. The molecule has 0 aliphatic carbocycles. The molecular formula is C20H21F2I2N5O8. The first kappa shape index (κ1) is 30.5. The van der Waals surface area contributed by atoms with Gasteiger partial charge in [0.1, 0.15) is 12.2 Å². The number of aromatic hydroxyl groups is 1. The number of carbonyl (C=O) groups is 1. The van der Waals surface area contributed by atoms with Gasteiger partial charge in [0, 0.05) is 6.54 Å². The summed E-state index contributed by atoms with van der Waals surface area (Å²) in [6, 6.07) is 1.87. The Morgan fingerprint density at radius 2 is 1.68 bits per heavy atom. The number of nitrogens with zero attached hydrogens (tertiary/aromatic N) is 5. The van der Waals surface area contributed by atoms with E-state index in [4.69, 9.17) is 14.6 Å². The first-order valence-corrected chi connectivity index (χ1v) is 12.6. The minimum Gasteiger partial charge on any atom is -0.501 e. The Labute approximate surface area is 236 Å². The molecule has 1 N–H and O–H groups in total. The number of hydrogen-bond donors (Lipinski definition) is 1. The lowest BCUT2D eigenvalue weighted by atomic mass is 10.2. The second-order valence-electron chi connectivity index (χ2n) is 8.48. The first-order valence-electron chi connectivity index (χ1n) is 10.4. The summed E-state index contributed by atoms with van der Waals surface area (Å²) < 4.78 is 37.7. The van der Waals surface area contributed by atoms with Gasteiger partial charge in [0.2, 0.25) is 11.5 Å². The number of pyridine rings is 2. The van der Waals surface area contributed by atoms with Crippen LogP contribution in [0.1, 0.15) is 33.6 Å². The molecule has 2 aromatic rings. The van der Waals surface area contributed by atoms with Crippen LogP contribution in [-0.4, -0.2) is 60.7 Å². The van der Waals surface area contributed by atoms with Crippen molar-refractivity contribution in [2.45, 2.75) is 45.3 Å². The van der Waals surface area contributed by atoms with Crippen LogP contribution in [0.15, 0.2) is 12.1 Å². The molecule has 0 radical (unpaired) electrons. The number of carbonyl (C=O) groups excluding carboxylic acids is 1. The van der Waals surface area contributed by atoms with Gasteiger partial charge in [0.05, 0.1) is 25.3 Å². The average Bonchev–Trinajstić information content (AvgIpc) is 3.24. The molecule has 202 valence electrons. The van der Waals surface area contributed by atoms with Crippen LogP contribution in [0, 0.1) is 39.3 Å². The smallest absolute Gasteiger partial charge is 0.410 e. The maximum absolute atomic E-state index is 14.0. The van der Waals surface area contributed by atoms with E-state index in [0.717, 1.165) is 18.6 Å². The highest BCUT2D eigenvalue weighted by molar-refractivity contribution is 14.1. The lowest BCUT2D eigenvalue weighted by Crippen LogP contribution is -2.42. The van der Waals surface area contributed by atoms with Crippen molar-refractivity contribution in [2.24, 2.45) is 0 Å². The fourth-order valence-corrected chi connectivity index (χ4v) is 4.15. The van der Waals surface area contributed by atoms with Crippen LogP contribution in [0.5, 0.6) is 11.5 Å². The lowest BCUT2D eigenvalue weighted by molar-refractivity contribution is -0.390. The van der Waals surface area contributed by atoms with E-state index >= 15 is 0 Å². The molecule has 1 aliphatic rings. The van der Waals surface area contributed by atoms with Crippen molar-refractivity contribution in [2.75, 3.05) is 13.2 Å². The molecule has 17 heteroatoms. The number of amides is 1. The molecule has 3 heterocycles. The van der Waals surface area contributed by atoms with Gasteiger partial charge in [-0.05, 0) is 98.6 Å². The van der Waals surface area contributed by atoms with E-state index < -0.39 is 50.8 Å². The lowest BCUT2D eigenvalue weighted by Gasteiger charge is -2.28. The summed E-state index contributed by atoms with van der Waals surface area (Å²) in [6.45, 7) is 5.96. The van der Waals surface area contributed by atoms with Crippen molar-refractivity contribution >= 4 is 62.9 Å². The molecular weight excluding hydrogens is 730 g/mol. The van der Waals surface area contributed by atoms with Crippen LogP contribution in [-0.2, 0) is 4.74 Å². The minimum absolute atomic E-state index is 0.0612. The molecule has 1 aliphatic heterocycles. The van der Waals surface area contributed by atoms with Gasteiger partial charge in [0.25, 0.3) is 0 Å². The summed E-state index contributed by atoms with van der Waals surface area (Å²) in [7, 11) is 0. The standard InChI is InChI=1S/C15H19FIN3O5.C5H2FIN2O3/c1-15(2,3)25-14(21)19-6-4-5-9(19)8-24-12-10(17)7-11(20(22)23)18-13(12)16;6-5-4(10)2(7)1-3(8-5)9(11)12/h7,9H,4-6,8H2,1-3H3;1,10H/t9-;/m0./s1. The van der Waals surface area contributed by atoms with Crippen molar-refractivity contribution in [1.29, 1.82) is 0 Å². The van der Waals surface area contributed by atoms with Gasteiger partial charge in [-0.15, -0.1) is 0 Å².